The second-order valence-electron chi connectivity index (χ2n) is 5.08. The molecule has 0 aliphatic rings. The van der Waals surface area contributed by atoms with E-state index in [1.165, 1.54) is 6.07 Å². The maximum absolute atomic E-state index is 11.4. The van der Waals surface area contributed by atoms with Crippen LogP contribution in [0.25, 0.3) is 11.1 Å². The highest BCUT2D eigenvalue weighted by Gasteiger charge is 2.24. The average molecular weight is 462 g/mol. The summed E-state index contributed by atoms with van der Waals surface area (Å²) in [6.45, 7) is 2.59. The van der Waals surface area contributed by atoms with Crippen molar-refractivity contribution in [3.05, 3.63) is 49.0 Å². The van der Waals surface area contributed by atoms with Gasteiger partial charge in [0, 0.05) is 21.3 Å². The van der Waals surface area contributed by atoms with Crippen molar-refractivity contribution in [2.45, 2.75) is 19.8 Å². The van der Waals surface area contributed by atoms with Crippen LogP contribution >= 0.6 is 34.2 Å². The standard InChI is InChI=1S/C17H17ClINO4/c1-3-4-8-24-15-10-11(23-2)9-13(19)17(15)16-12(18)6-5-7-14(16)20(21)22/h5-7,9-10H,3-4,8H2,1-2H3. The summed E-state index contributed by atoms with van der Waals surface area (Å²) in [6, 6.07) is 8.19. The summed E-state index contributed by atoms with van der Waals surface area (Å²) in [7, 11) is 1.57. The number of rotatable bonds is 7. The highest BCUT2D eigenvalue weighted by molar-refractivity contribution is 14.1. The van der Waals surface area contributed by atoms with Gasteiger partial charge in [-0.25, -0.2) is 0 Å². The van der Waals surface area contributed by atoms with Crippen molar-refractivity contribution >= 4 is 39.9 Å². The van der Waals surface area contributed by atoms with Crippen LogP contribution in [0, 0.1) is 13.7 Å². The van der Waals surface area contributed by atoms with Crippen molar-refractivity contribution < 1.29 is 14.4 Å². The number of unbranched alkanes of at least 4 members (excludes halogenated alkanes) is 1. The van der Waals surface area contributed by atoms with Gasteiger partial charge in [0.1, 0.15) is 11.5 Å². The fraction of sp³-hybridized carbons (Fsp3) is 0.294. The van der Waals surface area contributed by atoms with Gasteiger partial charge in [0.15, 0.2) is 0 Å². The van der Waals surface area contributed by atoms with Gasteiger partial charge in [0.05, 0.1) is 29.2 Å². The molecule has 24 heavy (non-hydrogen) atoms. The van der Waals surface area contributed by atoms with Gasteiger partial charge in [-0.05, 0) is 41.1 Å². The highest BCUT2D eigenvalue weighted by Crippen LogP contribution is 2.45. The van der Waals surface area contributed by atoms with Crippen molar-refractivity contribution in [1.82, 2.24) is 0 Å². The third kappa shape index (κ3) is 4.10. The van der Waals surface area contributed by atoms with Crippen molar-refractivity contribution in [1.29, 1.82) is 0 Å². The van der Waals surface area contributed by atoms with Crippen LogP contribution in [0.2, 0.25) is 5.02 Å². The molecule has 0 radical (unpaired) electrons. The third-order valence-electron chi connectivity index (χ3n) is 3.46. The monoisotopic (exact) mass is 461 g/mol. The molecule has 0 saturated heterocycles. The molecule has 2 aromatic rings. The maximum atomic E-state index is 11.4. The van der Waals surface area contributed by atoms with Crippen LogP contribution in [0.5, 0.6) is 11.5 Å². The van der Waals surface area contributed by atoms with E-state index in [0.717, 1.165) is 16.4 Å². The van der Waals surface area contributed by atoms with Gasteiger partial charge in [-0.1, -0.05) is 31.0 Å². The molecule has 5 nitrogen and oxygen atoms in total. The summed E-state index contributed by atoms with van der Waals surface area (Å²) in [6.07, 6.45) is 1.88. The molecular formula is C17H17ClINO4. The van der Waals surface area contributed by atoms with Crippen LogP contribution in [0.4, 0.5) is 5.69 Å². The quantitative estimate of drug-likeness (QED) is 0.229. The normalized spacial score (nSPS) is 10.5. The number of ether oxygens (including phenoxy) is 2. The molecule has 0 heterocycles. The first kappa shape index (κ1) is 18.8. The number of hydrogen-bond donors (Lipinski definition) is 0. The lowest BCUT2D eigenvalue weighted by molar-refractivity contribution is -0.384. The van der Waals surface area contributed by atoms with Crippen LogP contribution in [0.1, 0.15) is 19.8 Å². The van der Waals surface area contributed by atoms with Crippen molar-refractivity contribution in [3.8, 4) is 22.6 Å². The van der Waals surface area contributed by atoms with Crippen molar-refractivity contribution in [3.63, 3.8) is 0 Å². The number of nitro groups is 1. The number of nitrogens with zero attached hydrogens (tertiary/aromatic N) is 1. The molecule has 0 fully saturated rings. The Bertz CT molecular complexity index is 752. The van der Waals surface area contributed by atoms with Crippen LogP contribution in [0.3, 0.4) is 0 Å². The van der Waals surface area contributed by atoms with Gasteiger partial charge in [-0.15, -0.1) is 0 Å². The van der Waals surface area contributed by atoms with E-state index in [1.54, 1.807) is 31.4 Å². The zero-order valence-electron chi connectivity index (χ0n) is 13.3. The minimum atomic E-state index is -0.433. The van der Waals surface area contributed by atoms with Crippen LogP contribution in [-0.2, 0) is 0 Å². The van der Waals surface area contributed by atoms with E-state index in [-0.39, 0.29) is 5.69 Å². The first-order valence-corrected chi connectivity index (χ1v) is 8.88. The average Bonchev–Trinajstić information content (AvgIpc) is 2.55. The molecule has 0 amide bonds. The summed E-state index contributed by atoms with van der Waals surface area (Å²) in [5, 5.41) is 11.7. The summed E-state index contributed by atoms with van der Waals surface area (Å²) < 4.78 is 11.9. The summed E-state index contributed by atoms with van der Waals surface area (Å²) in [4.78, 5) is 11.0. The Morgan fingerprint density at radius 3 is 2.67 bits per heavy atom. The zero-order chi connectivity index (χ0) is 17.7. The molecule has 0 aliphatic carbocycles. The lowest BCUT2D eigenvalue weighted by Crippen LogP contribution is -2.02. The number of methoxy groups -OCH3 is 1. The smallest absolute Gasteiger partial charge is 0.278 e. The molecule has 7 heteroatoms. The predicted octanol–water partition coefficient (Wildman–Crippen LogP) is 5.71. The van der Waals surface area contributed by atoms with Gasteiger partial charge < -0.3 is 9.47 Å². The molecular weight excluding hydrogens is 445 g/mol. The van der Waals surface area contributed by atoms with Crippen LogP contribution in [0.15, 0.2) is 30.3 Å². The second-order valence-corrected chi connectivity index (χ2v) is 6.64. The fourth-order valence-corrected chi connectivity index (χ4v) is 3.38. The summed E-state index contributed by atoms with van der Waals surface area (Å²) >= 11 is 8.41. The Balaban J connectivity index is 2.67. The second kappa shape index (κ2) is 8.53. The molecule has 0 atom stereocenters. The van der Waals surface area contributed by atoms with Crippen molar-refractivity contribution in [2.75, 3.05) is 13.7 Å². The van der Waals surface area contributed by atoms with E-state index < -0.39 is 4.92 Å². The van der Waals surface area contributed by atoms with E-state index in [0.29, 0.717) is 34.3 Å². The zero-order valence-corrected chi connectivity index (χ0v) is 16.3. The lowest BCUT2D eigenvalue weighted by Gasteiger charge is -2.16. The summed E-state index contributed by atoms with van der Waals surface area (Å²) in [5.41, 5.74) is 0.929. The first-order chi connectivity index (χ1) is 11.5. The minimum Gasteiger partial charge on any atom is -0.497 e. The van der Waals surface area contributed by atoms with E-state index >= 15 is 0 Å². The van der Waals surface area contributed by atoms with Gasteiger partial charge in [0.2, 0.25) is 0 Å². The van der Waals surface area contributed by atoms with E-state index in [4.69, 9.17) is 21.1 Å². The molecule has 0 aromatic heterocycles. The Kier molecular flexibility index (Phi) is 6.68. The van der Waals surface area contributed by atoms with E-state index in [1.807, 2.05) is 0 Å². The Labute approximate surface area is 159 Å². The van der Waals surface area contributed by atoms with Gasteiger partial charge in [-0.2, -0.15) is 0 Å². The SMILES string of the molecule is CCCCOc1cc(OC)cc(I)c1-c1c(Cl)cccc1[N+](=O)[O-]. The van der Waals surface area contributed by atoms with Crippen LogP contribution < -0.4 is 9.47 Å². The largest absolute Gasteiger partial charge is 0.497 e. The minimum absolute atomic E-state index is 0.0501. The van der Waals surface area contributed by atoms with Gasteiger partial charge in [-0.3, -0.25) is 10.1 Å². The lowest BCUT2D eigenvalue weighted by atomic mass is 10.0. The summed E-state index contributed by atoms with van der Waals surface area (Å²) in [5.74, 6) is 1.16. The highest BCUT2D eigenvalue weighted by atomic mass is 127. The molecule has 0 N–H and O–H groups in total. The van der Waals surface area contributed by atoms with Crippen molar-refractivity contribution in [2.24, 2.45) is 0 Å². The Hall–Kier alpha value is -1.54. The van der Waals surface area contributed by atoms with E-state index in [9.17, 15) is 10.1 Å². The molecule has 2 aromatic carbocycles. The van der Waals surface area contributed by atoms with Gasteiger partial charge >= 0.3 is 0 Å². The number of benzene rings is 2. The number of nitro benzene ring substituents is 1. The molecule has 0 spiro atoms. The first-order valence-electron chi connectivity index (χ1n) is 7.43. The fourth-order valence-electron chi connectivity index (χ4n) is 2.27. The third-order valence-corrected chi connectivity index (χ3v) is 4.62. The van der Waals surface area contributed by atoms with E-state index in [2.05, 4.69) is 29.5 Å². The Morgan fingerprint density at radius 1 is 1.29 bits per heavy atom. The molecule has 0 bridgehead atoms. The van der Waals surface area contributed by atoms with Gasteiger partial charge in [0.25, 0.3) is 5.69 Å². The Morgan fingerprint density at radius 2 is 2.04 bits per heavy atom. The molecule has 128 valence electrons. The number of halogens is 2. The molecule has 0 unspecified atom stereocenters. The number of hydrogen-bond acceptors (Lipinski definition) is 4. The molecule has 0 saturated carbocycles. The maximum Gasteiger partial charge on any atom is 0.278 e. The van der Waals surface area contributed by atoms with Crippen LogP contribution in [-0.4, -0.2) is 18.6 Å². The molecule has 0 aliphatic heterocycles. The topological polar surface area (TPSA) is 61.6 Å². The molecule has 2 rings (SSSR count). The predicted molar refractivity (Wildman–Crippen MR) is 103 cm³/mol.